The number of likely N-dealkylation sites (tertiary alicyclic amines) is 1. The van der Waals surface area contributed by atoms with Crippen molar-refractivity contribution < 1.29 is 29.1 Å². The number of carboxylic acid groups (broad SMARTS) is 1. The molecule has 4 N–H and O–H groups in total. The number of rotatable bonds is 10. The van der Waals surface area contributed by atoms with E-state index in [1.807, 2.05) is 6.92 Å². The molecule has 0 radical (unpaired) electrons. The summed E-state index contributed by atoms with van der Waals surface area (Å²) >= 11 is 0. The quantitative estimate of drug-likeness (QED) is 0.403. The lowest BCUT2D eigenvalue weighted by Crippen LogP contribution is -2.56. The van der Waals surface area contributed by atoms with Gasteiger partial charge < -0.3 is 30.2 Å². The molecule has 1 saturated heterocycles. The molecule has 1 aromatic carbocycles. The fourth-order valence-electron chi connectivity index (χ4n) is 2.89. The standard InChI is InChI=1S/C17H25BN2O6/c1-2-11-6-7-13(15(17(22)23)16(11)26-18-24)25-12-9-20(10-12)14(21)5-3-4-8-19/h6-7,12,18,24H,2-5,8-10,19H2,1H3,(H,22,23). The summed E-state index contributed by atoms with van der Waals surface area (Å²) in [6.45, 7) is 3.28. The predicted molar refractivity (Wildman–Crippen MR) is 96.7 cm³/mol. The van der Waals surface area contributed by atoms with Crippen molar-refractivity contribution in [1.82, 2.24) is 4.90 Å². The van der Waals surface area contributed by atoms with Gasteiger partial charge >= 0.3 is 13.7 Å². The largest absolute Gasteiger partial charge is 0.538 e. The second kappa shape index (κ2) is 9.44. The third-order valence-corrected chi connectivity index (χ3v) is 4.34. The minimum Gasteiger partial charge on any atom is -0.538 e. The summed E-state index contributed by atoms with van der Waals surface area (Å²) < 4.78 is 10.9. The number of nitrogens with two attached hydrogens (primary N) is 1. The number of hydrogen-bond donors (Lipinski definition) is 3. The number of carbonyl (C=O) groups is 2. The van der Waals surface area contributed by atoms with E-state index in [9.17, 15) is 14.7 Å². The molecule has 0 spiro atoms. The molecule has 0 bridgehead atoms. The highest BCUT2D eigenvalue weighted by atomic mass is 16.5. The molecule has 1 amide bonds. The third-order valence-electron chi connectivity index (χ3n) is 4.34. The van der Waals surface area contributed by atoms with Crippen LogP contribution in [-0.4, -0.2) is 60.3 Å². The second-order valence-electron chi connectivity index (χ2n) is 6.14. The molecule has 0 aromatic heterocycles. The van der Waals surface area contributed by atoms with Gasteiger partial charge in [0.05, 0.1) is 13.1 Å². The Kier molecular flexibility index (Phi) is 7.29. The van der Waals surface area contributed by atoms with Gasteiger partial charge in [-0.2, -0.15) is 0 Å². The van der Waals surface area contributed by atoms with Crippen LogP contribution in [-0.2, 0) is 11.2 Å². The molecular formula is C17H25BN2O6. The summed E-state index contributed by atoms with van der Waals surface area (Å²) in [6, 6.07) is 3.32. The SMILES string of the molecule is CCc1ccc(OC2CN(C(=O)CCCCN)C2)c(C(=O)O)c1OBO. The molecule has 0 saturated carbocycles. The van der Waals surface area contributed by atoms with Crippen molar-refractivity contribution >= 4 is 19.6 Å². The number of ether oxygens (including phenoxy) is 1. The van der Waals surface area contributed by atoms with Crippen LogP contribution in [0.25, 0.3) is 0 Å². The van der Waals surface area contributed by atoms with Crippen LogP contribution in [0.5, 0.6) is 11.5 Å². The number of hydrogen-bond acceptors (Lipinski definition) is 6. The van der Waals surface area contributed by atoms with Gasteiger partial charge in [0.1, 0.15) is 23.2 Å². The molecular weight excluding hydrogens is 339 g/mol. The zero-order chi connectivity index (χ0) is 19.1. The first-order valence-corrected chi connectivity index (χ1v) is 8.79. The van der Waals surface area contributed by atoms with E-state index in [1.54, 1.807) is 17.0 Å². The molecule has 1 aromatic rings. The van der Waals surface area contributed by atoms with E-state index in [2.05, 4.69) is 0 Å². The minimum absolute atomic E-state index is 0.0578. The van der Waals surface area contributed by atoms with E-state index in [4.69, 9.17) is 20.1 Å². The van der Waals surface area contributed by atoms with Crippen LogP contribution in [0.15, 0.2) is 12.1 Å². The fourth-order valence-corrected chi connectivity index (χ4v) is 2.89. The minimum atomic E-state index is -1.19. The maximum absolute atomic E-state index is 12.0. The van der Waals surface area contributed by atoms with Crippen LogP contribution in [0.4, 0.5) is 0 Å². The Balaban J connectivity index is 2.03. The highest BCUT2D eigenvalue weighted by Crippen LogP contribution is 2.34. The molecule has 0 unspecified atom stereocenters. The van der Waals surface area contributed by atoms with Crippen molar-refractivity contribution in [2.24, 2.45) is 5.73 Å². The number of carboxylic acids is 1. The lowest BCUT2D eigenvalue weighted by molar-refractivity contribution is -0.140. The summed E-state index contributed by atoms with van der Waals surface area (Å²) in [7, 11) is -0.620. The van der Waals surface area contributed by atoms with E-state index in [1.165, 1.54) is 0 Å². The Hall–Kier alpha value is -2.26. The lowest BCUT2D eigenvalue weighted by atomic mass is 10.0. The summed E-state index contributed by atoms with van der Waals surface area (Å²) in [5, 5.41) is 18.6. The fraction of sp³-hybridized carbons (Fsp3) is 0.529. The van der Waals surface area contributed by atoms with Crippen LogP contribution < -0.4 is 15.1 Å². The van der Waals surface area contributed by atoms with E-state index >= 15 is 0 Å². The number of aryl methyl sites for hydroxylation is 1. The van der Waals surface area contributed by atoms with Crippen LogP contribution in [0.2, 0.25) is 0 Å². The molecule has 2 rings (SSSR count). The van der Waals surface area contributed by atoms with Gasteiger partial charge in [-0.05, 0) is 37.4 Å². The van der Waals surface area contributed by atoms with Crippen molar-refractivity contribution in [2.75, 3.05) is 19.6 Å². The van der Waals surface area contributed by atoms with Gasteiger partial charge in [-0.25, -0.2) is 4.79 Å². The van der Waals surface area contributed by atoms with Crippen molar-refractivity contribution in [3.63, 3.8) is 0 Å². The average molecular weight is 364 g/mol. The Labute approximate surface area is 153 Å². The van der Waals surface area contributed by atoms with Crippen LogP contribution in [0, 0.1) is 0 Å². The second-order valence-corrected chi connectivity index (χ2v) is 6.14. The molecule has 1 aliphatic heterocycles. The van der Waals surface area contributed by atoms with Gasteiger partial charge in [-0.3, -0.25) is 4.79 Å². The van der Waals surface area contributed by atoms with Crippen LogP contribution >= 0.6 is 0 Å². The first-order valence-electron chi connectivity index (χ1n) is 8.79. The summed E-state index contributed by atoms with van der Waals surface area (Å²) in [5.41, 5.74) is 5.99. The normalized spacial score (nSPS) is 13.9. The Morgan fingerprint density at radius 1 is 1.35 bits per heavy atom. The number of benzene rings is 1. The molecule has 0 aliphatic carbocycles. The van der Waals surface area contributed by atoms with Gasteiger partial charge in [-0.1, -0.05) is 13.0 Å². The summed E-state index contributed by atoms with van der Waals surface area (Å²) in [4.78, 5) is 25.3. The molecule has 8 nitrogen and oxygen atoms in total. The topological polar surface area (TPSA) is 122 Å². The Morgan fingerprint density at radius 3 is 2.65 bits per heavy atom. The number of aromatic carboxylic acids is 1. The number of amides is 1. The van der Waals surface area contributed by atoms with Crippen molar-refractivity contribution in [3.8, 4) is 11.5 Å². The Morgan fingerprint density at radius 2 is 2.08 bits per heavy atom. The van der Waals surface area contributed by atoms with Gasteiger partial charge in [0.25, 0.3) is 0 Å². The van der Waals surface area contributed by atoms with Crippen molar-refractivity contribution in [3.05, 3.63) is 23.3 Å². The van der Waals surface area contributed by atoms with Gasteiger partial charge in [-0.15, -0.1) is 0 Å². The Bertz CT molecular complexity index is 648. The predicted octanol–water partition coefficient (Wildman–Crippen LogP) is 0.303. The van der Waals surface area contributed by atoms with E-state index in [-0.39, 0.29) is 29.1 Å². The molecule has 26 heavy (non-hydrogen) atoms. The molecule has 1 fully saturated rings. The summed E-state index contributed by atoms with van der Waals surface area (Å²) in [5.74, 6) is -0.831. The maximum atomic E-state index is 12.0. The molecule has 1 heterocycles. The molecule has 1 aliphatic rings. The van der Waals surface area contributed by atoms with E-state index < -0.39 is 13.7 Å². The highest BCUT2D eigenvalue weighted by molar-refractivity contribution is 6.18. The van der Waals surface area contributed by atoms with Crippen LogP contribution in [0.3, 0.4) is 0 Å². The first kappa shape index (κ1) is 20.1. The summed E-state index contributed by atoms with van der Waals surface area (Å²) in [6.07, 6.45) is 2.34. The van der Waals surface area contributed by atoms with E-state index in [0.29, 0.717) is 38.0 Å². The van der Waals surface area contributed by atoms with E-state index in [0.717, 1.165) is 12.8 Å². The zero-order valence-corrected chi connectivity index (χ0v) is 14.9. The average Bonchev–Trinajstić information content (AvgIpc) is 2.57. The first-order chi connectivity index (χ1) is 12.5. The van der Waals surface area contributed by atoms with Gasteiger partial charge in [0.2, 0.25) is 5.91 Å². The molecule has 0 atom stereocenters. The molecule has 9 heteroatoms. The monoisotopic (exact) mass is 364 g/mol. The van der Waals surface area contributed by atoms with Gasteiger partial charge in [0, 0.05) is 6.42 Å². The van der Waals surface area contributed by atoms with Crippen molar-refractivity contribution in [2.45, 2.75) is 38.7 Å². The maximum Gasteiger partial charge on any atom is 0.504 e. The third kappa shape index (κ3) is 4.67. The number of unbranched alkanes of at least 4 members (excludes halogenated alkanes) is 1. The van der Waals surface area contributed by atoms with Crippen LogP contribution in [0.1, 0.15) is 42.1 Å². The smallest absolute Gasteiger partial charge is 0.504 e. The zero-order valence-electron chi connectivity index (χ0n) is 14.9. The number of nitrogens with zero attached hydrogens (tertiary/aromatic N) is 1. The van der Waals surface area contributed by atoms with Gasteiger partial charge in [0.15, 0.2) is 0 Å². The lowest BCUT2D eigenvalue weighted by Gasteiger charge is -2.39. The highest BCUT2D eigenvalue weighted by Gasteiger charge is 2.33. The van der Waals surface area contributed by atoms with Crippen molar-refractivity contribution in [1.29, 1.82) is 0 Å². The number of carbonyl (C=O) groups excluding carboxylic acids is 1. The molecule has 142 valence electrons.